The van der Waals surface area contributed by atoms with Crippen molar-refractivity contribution < 1.29 is 47.6 Å². The second-order valence-electron chi connectivity index (χ2n) is 20.3. The van der Waals surface area contributed by atoms with E-state index >= 15 is 0 Å². The molecule has 16 heteroatoms. The number of thioether (sulfide) groups is 2. The first kappa shape index (κ1) is 69.6. The van der Waals surface area contributed by atoms with Crippen LogP contribution < -0.4 is 0 Å². The van der Waals surface area contributed by atoms with Crippen LogP contribution in [0, 0.1) is 11.8 Å². The molecule has 0 amide bonds. The molecule has 0 aromatic carbocycles. The Morgan fingerprint density at radius 3 is 1.28 bits per heavy atom. The molecule has 0 N–H and O–H groups in total. The van der Waals surface area contributed by atoms with Gasteiger partial charge < -0.3 is 28.4 Å². The van der Waals surface area contributed by atoms with Gasteiger partial charge in [0.2, 0.25) is 0 Å². The third kappa shape index (κ3) is 44.7. The Balaban J connectivity index is 2.30. The van der Waals surface area contributed by atoms with E-state index in [9.17, 15) is 19.2 Å². The van der Waals surface area contributed by atoms with Gasteiger partial charge >= 0.3 is 23.9 Å². The summed E-state index contributed by atoms with van der Waals surface area (Å²) in [5, 5.41) is 8.48. The van der Waals surface area contributed by atoms with Gasteiger partial charge in [0, 0.05) is 44.4 Å². The van der Waals surface area contributed by atoms with Crippen LogP contribution in [-0.4, -0.2) is 133 Å². The van der Waals surface area contributed by atoms with Gasteiger partial charge in [0.25, 0.3) is 0 Å². The molecule has 0 spiro atoms. The summed E-state index contributed by atoms with van der Waals surface area (Å²) in [7, 11) is 1.62. The Bertz CT molecular complexity index is 1380. The Hall–Kier alpha value is -2.40. The SMILES string of the molecule is CCCCCCCCCCCCCCCCSCC(C)C(=O)OCCOC(=O)CCN(CCC(=O)OCCOC(=O)C(C)CSCCCCCCCCCCCCCCCC)Cc1cn(CCOCCOC)nn1. The highest BCUT2D eigenvalue weighted by Crippen LogP contribution is 2.18. The number of methoxy groups -OCH3 is 1. The molecule has 0 radical (unpaired) electrons. The molecule has 0 saturated carbocycles. The number of aromatic nitrogens is 3. The Morgan fingerprint density at radius 2 is 0.892 bits per heavy atom. The highest BCUT2D eigenvalue weighted by atomic mass is 32.2. The van der Waals surface area contributed by atoms with Crippen molar-refractivity contribution in [3.63, 3.8) is 0 Å². The van der Waals surface area contributed by atoms with Crippen molar-refractivity contribution >= 4 is 47.4 Å². The van der Waals surface area contributed by atoms with Crippen molar-refractivity contribution in [3.05, 3.63) is 11.9 Å². The van der Waals surface area contributed by atoms with Crippen LogP contribution in [0.25, 0.3) is 0 Å². The van der Waals surface area contributed by atoms with Gasteiger partial charge in [-0.15, -0.1) is 5.10 Å². The van der Waals surface area contributed by atoms with Crippen LogP contribution in [-0.2, 0) is 60.7 Å². The molecule has 1 aromatic heterocycles. The lowest BCUT2D eigenvalue weighted by Gasteiger charge is -2.20. The van der Waals surface area contributed by atoms with E-state index in [0.717, 1.165) is 11.5 Å². The molecule has 0 fully saturated rings. The molecule has 0 saturated heterocycles. The molecule has 74 heavy (non-hydrogen) atoms. The van der Waals surface area contributed by atoms with E-state index in [1.54, 1.807) is 35.3 Å². The average Bonchev–Trinajstić information content (AvgIpc) is 3.85. The summed E-state index contributed by atoms with van der Waals surface area (Å²) < 4.78 is 33.9. The van der Waals surface area contributed by atoms with Crippen molar-refractivity contribution in [2.45, 2.75) is 233 Å². The van der Waals surface area contributed by atoms with E-state index in [1.807, 2.05) is 24.9 Å². The van der Waals surface area contributed by atoms with Gasteiger partial charge in [-0.05, 0) is 24.3 Å². The monoisotopic (exact) mass is 1080 g/mol. The largest absolute Gasteiger partial charge is 0.462 e. The molecule has 432 valence electrons. The summed E-state index contributed by atoms with van der Waals surface area (Å²) in [5.41, 5.74) is 0.668. The zero-order valence-electron chi connectivity index (χ0n) is 47.7. The summed E-state index contributed by atoms with van der Waals surface area (Å²) in [6.07, 6.45) is 39.5. The summed E-state index contributed by atoms with van der Waals surface area (Å²) in [6, 6.07) is 0. The number of hydrogen-bond acceptors (Lipinski definition) is 15. The van der Waals surface area contributed by atoms with E-state index in [0.29, 0.717) is 63.2 Å². The van der Waals surface area contributed by atoms with Crippen LogP contribution >= 0.6 is 23.5 Å². The zero-order chi connectivity index (χ0) is 53.8. The highest BCUT2D eigenvalue weighted by Gasteiger charge is 2.18. The molecule has 0 bridgehead atoms. The molecule has 0 aliphatic heterocycles. The second-order valence-corrected chi connectivity index (χ2v) is 22.6. The topological polar surface area (TPSA) is 158 Å². The van der Waals surface area contributed by atoms with E-state index in [-0.39, 0.29) is 63.0 Å². The van der Waals surface area contributed by atoms with E-state index < -0.39 is 11.9 Å². The molecule has 2 unspecified atom stereocenters. The fraction of sp³-hybridized carbons (Fsp3) is 0.897. The van der Waals surface area contributed by atoms with E-state index in [4.69, 9.17) is 28.4 Å². The minimum Gasteiger partial charge on any atom is -0.462 e. The smallest absolute Gasteiger partial charge is 0.309 e. The molecule has 0 aliphatic carbocycles. The number of unbranched alkanes of at least 4 members (excludes halogenated alkanes) is 26. The number of nitrogens with zero attached hydrogens (tertiary/aromatic N) is 4. The molecule has 14 nitrogen and oxygen atoms in total. The fourth-order valence-corrected chi connectivity index (χ4v) is 10.5. The van der Waals surface area contributed by atoms with E-state index in [1.165, 1.54) is 180 Å². The first-order valence-corrected chi connectivity index (χ1v) is 32.0. The van der Waals surface area contributed by atoms with Gasteiger partial charge in [-0.2, -0.15) is 23.5 Å². The van der Waals surface area contributed by atoms with Crippen molar-refractivity contribution in [2.24, 2.45) is 11.8 Å². The normalized spacial score (nSPS) is 12.3. The Labute approximate surface area is 459 Å². The van der Waals surface area contributed by atoms with Crippen LogP contribution in [0.3, 0.4) is 0 Å². The summed E-state index contributed by atoms with van der Waals surface area (Å²) in [5.74, 6) is 1.61. The van der Waals surface area contributed by atoms with Crippen LogP contribution in [0.15, 0.2) is 6.20 Å². The van der Waals surface area contributed by atoms with Gasteiger partial charge in [0.05, 0.1) is 56.7 Å². The molecule has 2 atom stereocenters. The van der Waals surface area contributed by atoms with Crippen LogP contribution in [0.5, 0.6) is 0 Å². The Kier molecular flexibility index (Phi) is 49.5. The maximum atomic E-state index is 12.8. The predicted octanol–water partition coefficient (Wildman–Crippen LogP) is 13.4. The minimum absolute atomic E-state index is 0.000861. The van der Waals surface area contributed by atoms with E-state index in [2.05, 4.69) is 24.2 Å². The van der Waals surface area contributed by atoms with Crippen molar-refractivity contribution in [1.82, 2.24) is 19.9 Å². The first-order valence-electron chi connectivity index (χ1n) is 29.7. The highest BCUT2D eigenvalue weighted by molar-refractivity contribution is 7.99. The predicted molar refractivity (Wildman–Crippen MR) is 305 cm³/mol. The molecule has 1 heterocycles. The quantitative estimate of drug-likeness (QED) is 0.0344. The second kappa shape index (κ2) is 52.6. The third-order valence-corrected chi connectivity index (χ3v) is 15.8. The fourth-order valence-electron chi connectivity index (χ4n) is 8.40. The van der Waals surface area contributed by atoms with Crippen LogP contribution in [0.4, 0.5) is 0 Å². The number of hydrogen-bond donors (Lipinski definition) is 0. The average molecular weight is 1090 g/mol. The third-order valence-electron chi connectivity index (χ3n) is 13.1. The van der Waals surface area contributed by atoms with Gasteiger partial charge in [0.15, 0.2) is 0 Å². The minimum atomic E-state index is -0.438. The molecule has 1 rings (SSSR count). The number of ether oxygens (including phenoxy) is 6. The molecule has 1 aromatic rings. The van der Waals surface area contributed by atoms with Gasteiger partial charge in [-0.25, -0.2) is 4.68 Å². The van der Waals surface area contributed by atoms with Gasteiger partial charge in [-0.1, -0.05) is 200 Å². The Morgan fingerprint density at radius 1 is 0.514 bits per heavy atom. The molecule has 0 aliphatic rings. The maximum Gasteiger partial charge on any atom is 0.309 e. The number of esters is 4. The summed E-state index contributed by atoms with van der Waals surface area (Å²) >= 11 is 3.59. The lowest BCUT2D eigenvalue weighted by Crippen LogP contribution is -2.30. The lowest BCUT2D eigenvalue weighted by molar-refractivity contribution is -0.154. The standard InChI is InChI=1S/C58H108N4O10S2/c1-6-8-10-12-14-16-18-20-22-24-26-28-30-32-46-73-50-52(3)57(65)71-44-42-69-55(63)34-36-61(48-54-49-62(60-59-54)38-39-68-41-40-67-5)37-35-56(64)70-43-45-72-58(66)53(4)51-74-47-33-31-29-27-25-23-21-19-17-15-13-11-9-7-2/h49,52-53H,6-48,50-51H2,1-5H3. The van der Waals surface area contributed by atoms with Crippen molar-refractivity contribution in [1.29, 1.82) is 0 Å². The maximum absolute atomic E-state index is 12.8. The van der Waals surface area contributed by atoms with Crippen LogP contribution in [0.1, 0.15) is 226 Å². The molecular formula is C58H108N4O10S2. The van der Waals surface area contributed by atoms with Crippen LogP contribution in [0.2, 0.25) is 0 Å². The number of rotatable bonds is 56. The first-order chi connectivity index (χ1) is 36.2. The lowest BCUT2D eigenvalue weighted by atomic mass is 10.0. The summed E-state index contributed by atoms with van der Waals surface area (Å²) in [6.45, 7) is 11.1. The van der Waals surface area contributed by atoms with Crippen molar-refractivity contribution in [2.75, 3.05) is 89.5 Å². The number of carbonyl (C=O) groups is 4. The number of carbonyl (C=O) groups excluding carboxylic acids is 4. The van der Waals surface area contributed by atoms with Gasteiger partial charge in [0.1, 0.15) is 26.4 Å². The van der Waals surface area contributed by atoms with Gasteiger partial charge in [-0.3, -0.25) is 24.1 Å². The summed E-state index contributed by atoms with van der Waals surface area (Å²) in [4.78, 5) is 52.6. The van der Waals surface area contributed by atoms with Crippen molar-refractivity contribution in [3.8, 4) is 0 Å². The zero-order valence-corrected chi connectivity index (χ0v) is 49.4. The molecular weight excluding hydrogens is 977 g/mol.